The fraction of sp³-hybridized carbons (Fsp3) is 0.350. The van der Waals surface area contributed by atoms with Gasteiger partial charge in [-0.05, 0) is 22.6 Å². The lowest BCUT2D eigenvalue weighted by molar-refractivity contribution is -0.133. The number of nitrogens with zero attached hydrogens (tertiary/aromatic N) is 2. The number of carbonyl (C=O) groups is 2. The van der Waals surface area contributed by atoms with E-state index in [2.05, 4.69) is 0 Å². The summed E-state index contributed by atoms with van der Waals surface area (Å²) in [6.07, 6.45) is 4.06. The van der Waals surface area contributed by atoms with Crippen LogP contribution < -0.4 is 0 Å². The minimum Gasteiger partial charge on any atom is -0.341 e. The minimum absolute atomic E-state index is 0.0438. The van der Waals surface area contributed by atoms with Crippen molar-refractivity contribution in [3.05, 3.63) is 59.2 Å². The molecule has 1 atom stereocenters. The van der Waals surface area contributed by atoms with Crippen LogP contribution in [-0.4, -0.2) is 30.7 Å². The van der Waals surface area contributed by atoms with Crippen molar-refractivity contribution in [2.75, 3.05) is 13.6 Å². The van der Waals surface area contributed by atoms with Crippen LogP contribution in [0.3, 0.4) is 0 Å². The summed E-state index contributed by atoms with van der Waals surface area (Å²) in [6, 6.07) is 11.2. The van der Waals surface area contributed by atoms with Crippen LogP contribution in [-0.2, 0) is 15.0 Å². The number of likely N-dealkylation sites (N-methyl/N-ethyl adjacent to an activating group) is 1. The van der Waals surface area contributed by atoms with Crippen molar-refractivity contribution in [3.8, 4) is 6.07 Å². The maximum Gasteiger partial charge on any atom is 0.241 e. The molecule has 0 spiro atoms. The van der Waals surface area contributed by atoms with Gasteiger partial charge in [0.15, 0.2) is 6.29 Å². The van der Waals surface area contributed by atoms with Gasteiger partial charge in [-0.25, -0.2) is 0 Å². The van der Waals surface area contributed by atoms with E-state index >= 15 is 0 Å². The van der Waals surface area contributed by atoms with E-state index in [1.165, 1.54) is 6.08 Å². The highest BCUT2D eigenvalue weighted by molar-refractivity contribution is 5.97. The van der Waals surface area contributed by atoms with E-state index in [1.807, 2.05) is 63.2 Å². The van der Waals surface area contributed by atoms with Crippen molar-refractivity contribution in [1.29, 1.82) is 5.26 Å². The maximum absolute atomic E-state index is 13.3. The standard InChI is InChI=1S/C20H22N2O2/c1-19(2,3)17-10-11-22(4)18(24)20(17,12-15(13-21)14-23)16-8-6-5-7-9-16/h5-10,12,14H,11H2,1-4H3/b15-12-/t20-/m1/s1. The Balaban J connectivity index is 2.90. The number of hydrogen-bond donors (Lipinski definition) is 0. The minimum atomic E-state index is -1.14. The van der Waals surface area contributed by atoms with Gasteiger partial charge in [0.1, 0.15) is 11.5 Å². The topological polar surface area (TPSA) is 61.2 Å². The van der Waals surface area contributed by atoms with E-state index in [4.69, 9.17) is 0 Å². The molecule has 0 fully saturated rings. The van der Waals surface area contributed by atoms with E-state index in [0.717, 1.165) is 11.1 Å². The maximum atomic E-state index is 13.3. The zero-order valence-corrected chi connectivity index (χ0v) is 14.5. The van der Waals surface area contributed by atoms with E-state index in [1.54, 1.807) is 11.9 Å². The van der Waals surface area contributed by atoms with Crippen LogP contribution in [0.2, 0.25) is 0 Å². The van der Waals surface area contributed by atoms with Crippen LogP contribution in [0.25, 0.3) is 0 Å². The number of aldehydes is 1. The van der Waals surface area contributed by atoms with Crippen LogP contribution in [0.5, 0.6) is 0 Å². The molecule has 0 radical (unpaired) electrons. The summed E-state index contributed by atoms with van der Waals surface area (Å²) in [4.78, 5) is 26.2. The summed E-state index contributed by atoms with van der Waals surface area (Å²) in [5, 5.41) is 9.27. The van der Waals surface area contributed by atoms with Gasteiger partial charge in [-0.15, -0.1) is 0 Å². The summed E-state index contributed by atoms with van der Waals surface area (Å²) in [5.41, 5.74) is 0.180. The van der Waals surface area contributed by atoms with Gasteiger partial charge >= 0.3 is 0 Å². The number of benzene rings is 1. The first-order chi connectivity index (χ1) is 11.3. The Bertz CT molecular complexity index is 748. The predicted molar refractivity (Wildman–Crippen MR) is 93.1 cm³/mol. The van der Waals surface area contributed by atoms with Gasteiger partial charge in [-0.2, -0.15) is 5.26 Å². The lowest BCUT2D eigenvalue weighted by atomic mass is 9.62. The van der Waals surface area contributed by atoms with Gasteiger partial charge in [0.25, 0.3) is 0 Å². The van der Waals surface area contributed by atoms with Crippen LogP contribution in [0, 0.1) is 16.7 Å². The molecule has 4 nitrogen and oxygen atoms in total. The Labute approximate surface area is 143 Å². The molecule has 1 aliphatic heterocycles. The number of carbonyl (C=O) groups excluding carboxylic acids is 2. The Kier molecular flexibility index (Phi) is 4.75. The van der Waals surface area contributed by atoms with Crippen molar-refractivity contribution in [1.82, 2.24) is 4.90 Å². The monoisotopic (exact) mass is 322 g/mol. The SMILES string of the molecule is CN1CC=C(C(C)(C)C)[C@@](/C=C(/C#N)C=O)(c2ccccc2)C1=O. The lowest BCUT2D eigenvalue weighted by Gasteiger charge is -2.44. The van der Waals surface area contributed by atoms with Gasteiger partial charge in [0, 0.05) is 13.6 Å². The lowest BCUT2D eigenvalue weighted by Crippen LogP contribution is -2.51. The van der Waals surface area contributed by atoms with Crippen molar-refractivity contribution >= 4 is 12.2 Å². The highest BCUT2D eigenvalue weighted by atomic mass is 16.2. The number of allylic oxidation sites excluding steroid dienone is 1. The second kappa shape index (κ2) is 6.45. The molecule has 0 aliphatic carbocycles. The molecule has 2 rings (SSSR count). The van der Waals surface area contributed by atoms with E-state index in [0.29, 0.717) is 12.8 Å². The Morgan fingerprint density at radius 2 is 1.92 bits per heavy atom. The molecule has 0 saturated carbocycles. The first kappa shape index (κ1) is 17.7. The highest BCUT2D eigenvalue weighted by Crippen LogP contribution is 2.46. The van der Waals surface area contributed by atoms with Gasteiger partial charge in [-0.1, -0.05) is 57.2 Å². The summed E-state index contributed by atoms with van der Waals surface area (Å²) in [6.45, 7) is 6.62. The molecular weight excluding hydrogens is 300 g/mol. The molecule has 1 aliphatic rings. The third-order valence-electron chi connectivity index (χ3n) is 4.34. The molecule has 0 bridgehead atoms. The van der Waals surface area contributed by atoms with Crippen molar-refractivity contribution in [3.63, 3.8) is 0 Å². The second-order valence-electron chi connectivity index (χ2n) is 7.06. The molecule has 1 heterocycles. The number of nitriles is 1. The Morgan fingerprint density at radius 3 is 2.42 bits per heavy atom. The Hall–Kier alpha value is -2.67. The predicted octanol–water partition coefficient (Wildman–Crippen LogP) is 3.02. The van der Waals surface area contributed by atoms with Crippen LogP contribution in [0.4, 0.5) is 0 Å². The van der Waals surface area contributed by atoms with Crippen molar-refractivity contribution < 1.29 is 9.59 Å². The largest absolute Gasteiger partial charge is 0.341 e. The van der Waals surface area contributed by atoms with E-state index in [-0.39, 0.29) is 16.9 Å². The number of amides is 1. The van der Waals surface area contributed by atoms with Crippen LogP contribution >= 0.6 is 0 Å². The normalized spacial score (nSPS) is 22.0. The van der Waals surface area contributed by atoms with Gasteiger partial charge < -0.3 is 4.90 Å². The average Bonchev–Trinajstić information content (AvgIpc) is 2.56. The zero-order valence-electron chi connectivity index (χ0n) is 14.5. The zero-order chi connectivity index (χ0) is 18.0. The highest BCUT2D eigenvalue weighted by Gasteiger charge is 2.49. The summed E-state index contributed by atoms with van der Waals surface area (Å²) >= 11 is 0. The molecule has 0 saturated heterocycles. The molecule has 0 N–H and O–H groups in total. The second-order valence-corrected chi connectivity index (χ2v) is 7.06. The molecule has 24 heavy (non-hydrogen) atoms. The molecule has 1 amide bonds. The first-order valence-corrected chi connectivity index (χ1v) is 7.87. The van der Waals surface area contributed by atoms with E-state index in [9.17, 15) is 14.9 Å². The van der Waals surface area contributed by atoms with Gasteiger partial charge in [0.2, 0.25) is 5.91 Å². The molecule has 0 unspecified atom stereocenters. The molecule has 1 aromatic carbocycles. The Morgan fingerprint density at radius 1 is 1.29 bits per heavy atom. The van der Waals surface area contributed by atoms with Crippen molar-refractivity contribution in [2.45, 2.75) is 26.2 Å². The summed E-state index contributed by atoms with van der Waals surface area (Å²) in [5.74, 6) is -0.129. The summed E-state index contributed by atoms with van der Waals surface area (Å²) in [7, 11) is 1.73. The third-order valence-corrected chi connectivity index (χ3v) is 4.34. The smallest absolute Gasteiger partial charge is 0.241 e. The quantitative estimate of drug-likeness (QED) is 0.372. The van der Waals surface area contributed by atoms with E-state index < -0.39 is 5.41 Å². The third kappa shape index (κ3) is 2.90. The van der Waals surface area contributed by atoms with Crippen LogP contribution in [0.15, 0.2) is 53.6 Å². The number of hydrogen-bond acceptors (Lipinski definition) is 3. The molecule has 0 aromatic heterocycles. The first-order valence-electron chi connectivity index (χ1n) is 7.87. The molecule has 124 valence electrons. The molecule has 4 heteroatoms. The number of rotatable bonds is 3. The summed E-state index contributed by atoms with van der Waals surface area (Å²) < 4.78 is 0. The van der Waals surface area contributed by atoms with Gasteiger partial charge in [0.05, 0.1) is 5.57 Å². The van der Waals surface area contributed by atoms with Crippen LogP contribution in [0.1, 0.15) is 26.3 Å². The molecular formula is C20H22N2O2. The fourth-order valence-corrected chi connectivity index (χ4v) is 3.31. The molecule has 1 aromatic rings. The fourth-order valence-electron chi connectivity index (χ4n) is 3.31. The average molecular weight is 322 g/mol. The van der Waals surface area contributed by atoms with Gasteiger partial charge in [-0.3, -0.25) is 9.59 Å². The van der Waals surface area contributed by atoms with Crippen molar-refractivity contribution in [2.24, 2.45) is 5.41 Å².